The third kappa shape index (κ3) is 4.55. The summed E-state index contributed by atoms with van der Waals surface area (Å²) in [6.07, 6.45) is 0.750. The molecule has 172 valence electrons. The second-order valence-corrected chi connectivity index (χ2v) is 9.20. The first kappa shape index (κ1) is 23.1. The second kappa shape index (κ2) is 9.44. The number of halogens is 1. The fourth-order valence-corrected chi connectivity index (χ4v) is 4.90. The molecule has 0 fully saturated rings. The van der Waals surface area contributed by atoms with Crippen LogP contribution in [0.1, 0.15) is 56.6 Å². The lowest BCUT2D eigenvalue weighted by Crippen LogP contribution is -2.36. The molecule has 1 aliphatic carbocycles. The Morgan fingerprint density at radius 1 is 1.09 bits per heavy atom. The average Bonchev–Trinajstić information content (AvgIpc) is 2.77. The van der Waals surface area contributed by atoms with Crippen molar-refractivity contribution in [3.63, 3.8) is 0 Å². The van der Waals surface area contributed by atoms with Gasteiger partial charge >= 0.3 is 5.97 Å². The molecule has 0 amide bonds. The van der Waals surface area contributed by atoms with Gasteiger partial charge in [0.05, 0.1) is 24.7 Å². The number of para-hydroxylation sites is 1. The Balaban J connectivity index is 1.82. The Bertz CT molecular complexity index is 1150. The van der Waals surface area contributed by atoms with E-state index in [1.165, 1.54) is 0 Å². The van der Waals surface area contributed by atoms with E-state index < -0.39 is 11.9 Å². The average molecular weight is 466 g/mol. The molecule has 0 aromatic heterocycles. The summed E-state index contributed by atoms with van der Waals surface area (Å²) in [6.45, 7) is 5.49. The van der Waals surface area contributed by atoms with Crippen molar-refractivity contribution in [2.45, 2.75) is 51.6 Å². The van der Waals surface area contributed by atoms with Gasteiger partial charge in [0, 0.05) is 34.0 Å². The van der Waals surface area contributed by atoms with Gasteiger partial charge in [-0.2, -0.15) is 0 Å². The van der Waals surface area contributed by atoms with Crippen molar-refractivity contribution < 1.29 is 19.1 Å². The van der Waals surface area contributed by atoms with Gasteiger partial charge in [-0.1, -0.05) is 41.9 Å². The maximum absolute atomic E-state index is 13.6. The summed E-state index contributed by atoms with van der Waals surface area (Å²) < 4.78 is 11.2. The molecule has 0 saturated heterocycles. The minimum atomic E-state index is -0.553. The van der Waals surface area contributed by atoms with E-state index in [0.29, 0.717) is 40.5 Å². The Kier molecular flexibility index (Phi) is 6.61. The lowest BCUT2D eigenvalue weighted by molar-refractivity contribution is -0.143. The van der Waals surface area contributed by atoms with Crippen LogP contribution < -0.4 is 10.1 Å². The smallest absolute Gasteiger partial charge is 0.337 e. The molecule has 0 bridgehead atoms. The summed E-state index contributed by atoms with van der Waals surface area (Å²) in [5, 5.41) is 4.04. The van der Waals surface area contributed by atoms with E-state index >= 15 is 0 Å². The number of carbonyl (C=O) groups excluding carboxylic acids is 2. The van der Waals surface area contributed by atoms with E-state index in [1.54, 1.807) is 7.11 Å². The standard InChI is InChI=1S/C27H28ClNO4/c1-15(2)33-27(31)24-16(3)29-21-13-18(17-9-11-19(28)12-10-17)14-22(30)26(21)25(24)20-7-5-6-8-23(20)32-4/h5-12,15,18,25,29H,13-14H2,1-4H3/t18-,25-/m1/s1. The van der Waals surface area contributed by atoms with E-state index in [0.717, 1.165) is 16.8 Å². The van der Waals surface area contributed by atoms with Crippen LogP contribution in [-0.2, 0) is 14.3 Å². The zero-order valence-corrected chi connectivity index (χ0v) is 20.0. The molecule has 1 heterocycles. The molecule has 1 N–H and O–H groups in total. The molecule has 2 aromatic carbocycles. The molecule has 4 rings (SSSR count). The molecule has 2 aromatic rings. The number of benzene rings is 2. The number of hydrogen-bond acceptors (Lipinski definition) is 5. The molecular formula is C27H28ClNO4. The van der Waals surface area contributed by atoms with Crippen LogP contribution in [0.5, 0.6) is 5.75 Å². The third-order valence-electron chi connectivity index (χ3n) is 6.18. The SMILES string of the molecule is COc1ccccc1[C@@H]1C(C(=O)OC(C)C)=C(C)NC2=C1C(=O)C[C@H](c1ccc(Cl)cc1)C2. The minimum absolute atomic E-state index is 0.0157. The van der Waals surface area contributed by atoms with Gasteiger partial charge in [-0.25, -0.2) is 4.79 Å². The van der Waals surface area contributed by atoms with Gasteiger partial charge in [-0.05, 0) is 56.9 Å². The van der Waals surface area contributed by atoms with Gasteiger partial charge in [0.2, 0.25) is 0 Å². The molecule has 5 nitrogen and oxygen atoms in total. The number of nitrogens with one attached hydrogen (secondary N) is 1. The first-order valence-electron chi connectivity index (χ1n) is 11.1. The van der Waals surface area contributed by atoms with Crippen LogP contribution in [0.15, 0.2) is 71.1 Å². The van der Waals surface area contributed by atoms with Crippen LogP contribution in [0, 0.1) is 0 Å². The van der Waals surface area contributed by atoms with Crippen molar-refractivity contribution in [3.8, 4) is 5.75 Å². The van der Waals surface area contributed by atoms with Crippen LogP contribution in [0.3, 0.4) is 0 Å². The number of methoxy groups -OCH3 is 1. The summed E-state index contributed by atoms with van der Waals surface area (Å²) >= 11 is 6.06. The van der Waals surface area contributed by atoms with Crippen LogP contribution in [-0.4, -0.2) is 25.0 Å². The van der Waals surface area contributed by atoms with Crippen molar-refractivity contribution in [2.75, 3.05) is 7.11 Å². The van der Waals surface area contributed by atoms with Gasteiger partial charge in [0.1, 0.15) is 5.75 Å². The zero-order chi connectivity index (χ0) is 23.7. The largest absolute Gasteiger partial charge is 0.496 e. The molecule has 0 saturated carbocycles. The van der Waals surface area contributed by atoms with Gasteiger partial charge < -0.3 is 14.8 Å². The predicted octanol–water partition coefficient (Wildman–Crippen LogP) is 5.66. The maximum atomic E-state index is 13.6. The molecule has 0 unspecified atom stereocenters. The number of rotatable bonds is 5. The first-order valence-corrected chi connectivity index (χ1v) is 11.5. The lowest BCUT2D eigenvalue weighted by atomic mass is 9.71. The Morgan fingerprint density at radius 2 is 1.79 bits per heavy atom. The quantitative estimate of drug-likeness (QED) is 0.577. The van der Waals surface area contributed by atoms with Crippen LogP contribution in [0.4, 0.5) is 0 Å². The molecular weight excluding hydrogens is 438 g/mol. The van der Waals surface area contributed by atoms with Crippen molar-refractivity contribution in [1.82, 2.24) is 5.32 Å². The molecule has 2 aliphatic rings. The first-order chi connectivity index (χ1) is 15.8. The van der Waals surface area contributed by atoms with Crippen LogP contribution >= 0.6 is 11.6 Å². The van der Waals surface area contributed by atoms with Gasteiger partial charge in [0.25, 0.3) is 0 Å². The van der Waals surface area contributed by atoms with Crippen molar-refractivity contribution >= 4 is 23.4 Å². The molecule has 6 heteroatoms. The number of ketones is 1. The van der Waals surface area contributed by atoms with E-state index in [1.807, 2.05) is 69.3 Å². The monoisotopic (exact) mass is 465 g/mol. The highest BCUT2D eigenvalue weighted by molar-refractivity contribution is 6.30. The zero-order valence-electron chi connectivity index (χ0n) is 19.3. The molecule has 0 radical (unpaired) electrons. The number of hydrogen-bond donors (Lipinski definition) is 1. The summed E-state index contributed by atoms with van der Waals surface area (Å²) in [6, 6.07) is 15.2. The normalized spacial score (nSPS) is 20.5. The Labute approximate surface area is 199 Å². The van der Waals surface area contributed by atoms with E-state index in [-0.39, 0.29) is 17.8 Å². The number of Topliss-reactive ketones (excluding diaryl/α,β-unsaturated/α-hetero) is 1. The molecule has 33 heavy (non-hydrogen) atoms. The van der Waals surface area contributed by atoms with Gasteiger partial charge in [-0.3, -0.25) is 4.79 Å². The molecule has 2 atom stereocenters. The third-order valence-corrected chi connectivity index (χ3v) is 6.43. The summed E-state index contributed by atoms with van der Waals surface area (Å²) in [5.41, 5.74) is 4.46. The Hall–Kier alpha value is -3.05. The number of allylic oxidation sites excluding steroid dienone is 3. The van der Waals surface area contributed by atoms with Gasteiger partial charge in [0.15, 0.2) is 5.78 Å². The lowest BCUT2D eigenvalue weighted by Gasteiger charge is -2.37. The highest BCUT2D eigenvalue weighted by Gasteiger charge is 2.42. The Morgan fingerprint density at radius 3 is 2.45 bits per heavy atom. The summed E-state index contributed by atoms with van der Waals surface area (Å²) in [5.74, 6) is -0.294. The highest BCUT2D eigenvalue weighted by Crippen LogP contribution is 2.47. The van der Waals surface area contributed by atoms with E-state index in [9.17, 15) is 9.59 Å². The predicted molar refractivity (Wildman–Crippen MR) is 128 cm³/mol. The molecule has 0 spiro atoms. The van der Waals surface area contributed by atoms with Crippen LogP contribution in [0.25, 0.3) is 0 Å². The van der Waals surface area contributed by atoms with Crippen molar-refractivity contribution in [1.29, 1.82) is 0 Å². The number of dihydropyridines is 1. The number of carbonyl (C=O) groups is 2. The topological polar surface area (TPSA) is 64.6 Å². The maximum Gasteiger partial charge on any atom is 0.337 e. The minimum Gasteiger partial charge on any atom is -0.496 e. The fraction of sp³-hybridized carbons (Fsp3) is 0.333. The highest BCUT2D eigenvalue weighted by atomic mass is 35.5. The summed E-state index contributed by atoms with van der Waals surface area (Å²) in [7, 11) is 1.59. The number of esters is 1. The van der Waals surface area contributed by atoms with Crippen molar-refractivity contribution in [3.05, 3.63) is 87.2 Å². The summed E-state index contributed by atoms with van der Waals surface area (Å²) in [4.78, 5) is 26.8. The van der Waals surface area contributed by atoms with Crippen LogP contribution in [0.2, 0.25) is 5.02 Å². The van der Waals surface area contributed by atoms with Gasteiger partial charge in [-0.15, -0.1) is 0 Å². The fourth-order valence-electron chi connectivity index (χ4n) is 4.77. The van der Waals surface area contributed by atoms with Crippen molar-refractivity contribution in [2.24, 2.45) is 0 Å². The number of ether oxygens (including phenoxy) is 2. The van der Waals surface area contributed by atoms with E-state index in [2.05, 4.69) is 5.32 Å². The molecule has 1 aliphatic heterocycles. The second-order valence-electron chi connectivity index (χ2n) is 8.76. The van der Waals surface area contributed by atoms with E-state index in [4.69, 9.17) is 21.1 Å².